The lowest BCUT2D eigenvalue weighted by molar-refractivity contribution is -0.117. The van der Waals surface area contributed by atoms with Gasteiger partial charge in [-0.05, 0) is 69.3 Å². The molecule has 0 atom stereocenters. The average molecular weight is 413 g/mol. The zero-order valence-electron chi connectivity index (χ0n) is 17.6. The van der Waals surface area contributed by atoms with Gasteiger partial charge in [-0.3, -0.25) is 4.79 Å². The van der Waals surface area contributed by atoms with Gasteiger partial charge in [-0.15, -0.1) is 0 Å². The summed E-state index contributed by atoms with van der Waals surface area (Å²) in [5.41, 5.74) is 4.19. The van der Waals surface area contributed by atoms with Crippen LogP contribution in [-0.4, -0.2) is 35.8 Å². The summed E-state index contributed by atoms with van der Waals surface area (Å²) < 4.78 is 12.4. The van der Waals surface area contributed by atoms with Crippen molar-refractivity contribution in [3.8, 4) is 0 Å². The van der Waals surface area contributed by atoms with Crippen molar-refractivity contribution in [3.05, 3.63) is 52.3 Å². The molecule has 1 amide bonds. The number of carbonyl (C=O) groups excluding carboxylic acids is 1. The highest BCUT2D eigenvalue weighted by atomic mass is 35.5. The Hall–Kier alpha value is -1.89. The van der Waals surface area contributed by atoms with Crippen molar-refractivity contribution in [2.24, 2.45) is 0 Å². The second kappa shape index (κ2) is 7.12. The predicted molar refractivity (Wildman–Crippen MR) is 116 cm³/mol. The van der Waals surface area contributed by atoms with E-state index < -0.39 is 7.12 Å². The molecule has 152 valence electrons. The summed E-state index contributed by atoms with van der Waals surface area (Å²) in [5, 5.41) is 0.383. The molecule has 29 heavy (non-hydrogen) atoms. The minimum absolute atomic E-state index is 0.0325. The minimum Gasteiger partial charge on any atom is -0.399 e. The van der Waals surface area contributed by atoms with Crippen LogP contribution >= 0.6 is 11.6 Å². The van der Waals surface area contributed by atoms with E-state index in [1.165, 1.54) is 0 Å². The summed E-state index contributed by atoms with van der Waals surface area (Å²) in [7, 11) is -0.400. The molecule has 1 fully saturated rings. The average Bonchev–Trinajstić information content (AvgIpc) is 3.15. The standard InChI is InChI=1S/C22H26BClN2O3/c1-14-11-17(23-28-21(2,3)22(4,5)29-23)12-15-8-10-26(19(14)15)18(27)13-16-7-6-9-25-20(16)24/h6-7,9,11-12H,8,10,13H2,1-5H3. The van der Waals surface area contributed by atoms with Gasteiger partial charge in [0.05, 0.1) is 17.6 Å². The number of aromatic nitrogens is 1. The molecule has 0 bridgehead atoms. The molecule has 1 saturated heterocycles. The molecule has 2 aliphatic heterocycles. The number of fused-ring (bicyclic) bond motifs is 1. The van der Waals surface area contributed by atoms with Gasteiger partial charge in [0.2, 0.25) is 5.91 Å². The highest BCUT2D eigenvalue weighted by molar-refractivity contribution is 6.62. The number of benzene rings is 1. The van der Waals surface area contributed by atoms with Crippen LogP contribution in [0, 0.1) is 6.92 Å². The van der Waals surface area contributed by atoms with Gasteiger partial charge in [0, 0.05) is 18.4 Å². The quantitative estimate of drug-likeness (QED) is 0.572. The zero-order chi connectivity index (χ0) is 21.0. The SMILES string of the molecule is Cc1cc(B2OC(C)(C)C(C)(C)O2)cc2c1N(C(=O)Cc1cccnc1Cl)CC2. The maximum atomic E-state index is 13.0. The molecule has 0 radical (unpaired) electrons. The van der Waals surface area contributed by atoms with E-state index in [-0.39, 0.29) is 23.5 Å². The third-order valence-electron chi connectivity index (χ3n) is 6.28. The van der Waals surface area contributed by atoms with Crippen molar-refractivity contribution >= 4 is 35.8 Å². The summed E-state index contributed by atoms with van der Waals surface area (Å²) in [5.74, 6) is 0.0325. The molecule has 3 heterocycles. The Morgan fingerprint density at radius 1 is 1.24 bits per heavy atom. The third-order valence-corrected chi connectivity index (χ3v) is 6.62. The number of pyridine rings is 1. The van der Waals surface area contributed by atoms with Crippen molar-refractivity contribution in [2.75, 3.05) is 11.4 Å². The first-order chi connectivity index (χ1) is 13.6. The van der Waals surface area contributed by atoms with Crippen LogP contribution in [0.4, 0.5) is 5.69 Å². The molecule has 0 spiro atoms. The van der Waals surface area contributed by atoms with E-state index in [9.17, 15) is 4.79 Å². The Labute approximate surface area is 177 Å². The number of anilines is 1. The number of hydrogen-bond donors (Lipinski definition) is 0. The van der Waals surface area contributed by atoms with Gasteiger partial charge in [-0.25, -0.2) is 4.98 Å². The van der Waals surface area contributed by atoms with Crippen LogP contribution in [0.15, 0.2) is 30.5 Å². The van der Waals surface area contributed by atoms with Crippen molar-refractivity contribution in [1.29, 1.82) is 0 Å². The van der Waals surface area contributed by atoms with Crippen molar-refractivity contribution in [1.82, 2.24) is 4.98 Å². The smallest absolute Gasteiger partial charge is 0.399 e. The fourth-order valence-electron chi connectivity index (χ4n) is 3.98. The Bertz CT molecular complexity index is 961. The van der Waals surface area contributed by atoms with Crippen LogP contribution < -0.4 is 10.4 Å². The summed E-state index contributed by atoms with van der Waals surface area (Å²) in [6.45, 7) is 10.9. The highest BCUT2D eigenvalue weighted by Gasteiger charge is 2.52. The fourth-order valence-corrected chi connectivity index (χ4v) is 4.16. The van der Waals surface area contributed by atoms with Gasteiger partial charge in [-0.2, -0.15) is 0 Å². The second-order valence-corrected chi connectivity index (χ2v) is 9.22. The number of nitrogens with zero attached hydrogens (tertiary/aromatic N) is 2. The van der Waals surface area contributed by atoms with Gasteiger partial charge in [0.1, 0.15) is 5.15 Å². The monoisotopic (exact) mass is 412 g/mol. The lowest BCUT2D eigenvalue weighted by Gasteiger charge is -2.32. The van der Waals surface area contributed by atoms with Gasteiger partial charge >= 0.3 is 7.12 Å². The Kier molecular flexibility index (Phi) is 5.00. The predicted octanol–water partition coefficient (Wildman–Crippen LogP) is 3.47. The Morgan fingerprint density at radius 2 is 1.93 bits per heavy atom. The molecule has 0 N–H and O–H groups in total. The lowest BCUT2D eigenvalue weighted by Crippen LogP contribution is -2.41. The van der Waals surface area contributed by atoms with Crippen molar-refractivity contribution in [2.45, 2.75) is 58.7 Å². The number of amides is 1. The maximum Gasteiger partial charge on any atom is 0.494 e. The van der Waals surface area contributed by atoms with Crippen LogP contribution in [0.25, 0.3) is 0 Å². The van der Waals surface area contributed by atoms with E-state index in [0.29, 0.717) is 11.7 Å². The van der Waals surface area contributed by atoms with Crippen LogP contribution in [0.2, 0.25) is 5.15 Å². The van der Waals surface area contributed by atoms with Gasteiger partial charge < -0.3 is 14.2 Å². The molecule has 1 aromatic heterocycles. The van der Waals surface area contributed by atoms with Crippen molar-refractivity contribution < 1.29 is 14.1 Å². The molecular weight excluding hydrogens is 387 g/mol. The molecule has 2 aliphatic rings. The molecule has 0 unspecified atom stereocenters. The summed E-state index contributed by atoms with van der Waals surface area (Å²) >= 11 is 6.14. The van der Waals surface area contributed by atoms with Gasteiger partial charge in [-0.1, -0.05) is 29.8 Å². The Balaban J connectivity index is 1.59. The van der Waals surface area contributed by atoms with E-state index in [0.717, 1.165) is 34.3 Å². The van der Waals surface area contributed by atoms with Crippen LogP contribution in [0.5, 0.6) is 0 Å². The number of halogens is 1. The molecule has 2 aromatic rings. The van der Waals surface area contributed by atoms with E-state index >= 15 is 0 Å². The molecule has 7 heteroatoms. The number of hydrogen-bond acceptors (Lipinski definition) is 4. The largest absolute Gasteiger partial charge is 0.494 e. The molecule has 1 aromatic carbocycles. The van der Waals surface area contributed by atoms with Crippen molar-refractivity contribution in [3.63, 3.8) is 0 Å². The first-order valence-corrected chi connectivity index (χ1v) is 10.4. The first-order valence-electron chi connectivity index (χ1n) is 9.98. The minimum atomic E-state index is -0.400. The van der Waals surface area contributed by atoms with Crippen LogP contribution in [-0.2, 0) is 26.9 Å². The fraction of sp³-hybridized carbons (Fsp3) is 0.455. The number of aryl methyl sites for hydroxylation is 1. The summed E-state index contributed by atoms with van der Waals surface area (Å²) in [6, 6.07) is 7.84. The Morgan fingerprint density at radius 3 is 2.59 bits per heavy atom. The van der Waals surface area contributed by atoms with Gasteiger partial charge in [0.15, 0.2) is 0 Å². The zero-order valence-corrected chi connectivity index (χ0v) is 18.3. The molecular formula is C22H26BClN2O3. The molecule has 4 rings (SSSR count). The molecule has 5 nitrogen and oxygen atoms in total. The van der Waals surface area contributed by atoms with E-state index in [4.69, 9.17) is 20.9 Å². The van der Waals surface area contributed by atoms with Crippen LogP contribution in [0.1, 0.15) is 44.4 Å². The summed E-state index contributed by atoms with van der Waals surface area (Å²) in [4.78, 5) is 18.9. The second-order valence-electron chi connectivity index (χ2n) is 8.86. The first kappa shape index (κ1) is 20.4. The van der Waals surface area contributed by atoms with E-state index in [1.54, 1.807) is 12.3 Å². The van der Waals surface area contributed by atoms with E-state index in [1.807, 2.05) is 17.9 Å². The summed E-state index contributed by atoms with van der Waals surface area (Å²) in [6.07, 6.45) is 2.68. The van der Waals surface area contributed by atoms with E-state index in [2.05, 4.69) is 44.8 Å². The number of rotatable bonds is 3. The molecule has 0 saturated carbocycles. The normalized spacial score (nSPS) is 19.5. The van der Waals surface area contributed by atoms with Gasteiger partial charge in [0.25, 0.3) is 0 Å². The topological polar surface area (TPSA) is 51.7 Å². The molecule has 0 aliphatic carbocycles. The lowest BCUT2D eigenvalue weighted by atomic mass is 9.77. The number of carbonyl (C=O) groups is 1. The van der Waals surface area contributed by atoms with Crippen LogP contribution in [0.3, 0.4) is 0 Å². The third kappa shape index (κ3) is 3.58. The highest BCUT2D eigenvalue weighted by Crippen LogP contribution is 2.38. The maximum absolute atomic E-state index is 13.0.